The van der Waals surface area contributed by atoms with Crippen molar-refractivity contribution in [1.82, 2.24) is 5.32 Å². The van der Waals surface area contributed by atoms with Gasteiger partial charge in [-0.05, 0) is 49.1 Å². The zero-order valence-electron chi connectivity index (χ0n) is 16.8. The average molecular weight is 373 g/mol. The van der Waals surface area contributed by atoms with E-state index < -0.39 is 0 Å². The molecular weight excluding hydrogens is 340 g/mol. The van der Waals surface area contributed by atoms with E-state index in [1.807, 2.05) is 24.3 Å². The number of anilines is 1. The second-order valence-corrected chi connectivity index (χ2v) is 8.50. The van der Waals surface area contributed by atoms with Crippen molar-refractivity contribution < 1.29 is 14.3 Å². The van der Waals surface area contributed by atoms with Crippen LogP contribution in [0.5, 0.6) is 5.75 Å². The highest BCUT2D eigenvalue weighted by Gasteiger charge is 2.32. The highest BCUT2D eigenvalue weighted by molar-refractivity contribution is 6.00. The van der Waals surface area contributed by atoms with Crippen LogP contribution in [0.25, 0.3) is 0 Å². The number of carbonyl (C=O) groups excluding carboxylic acids is 2. The van der Waals surface area contributed by atoms with Gasteiger partial charge in [-0.2, -0.15) is 0 Å². The number of hydrogen-bond donors (Lipinski definition) is 1. The minimum Gasteiger partial charge on any atom is -0.491 e. The van der Waals surface area contributed by atoms with Gasteiger partial charge in [-0.25, -0.2) is 0 Å². The van der Waals surface area contributed by atoms with E-state index in [4.69, 9.17) is 4.74 Å². The van der Waals surface area contributed by atoms with Crippen LogP contribution in [0.1, 0.15) is 59.3 Å². The lowest BCUT2D eigenvalue weighted by Crippen LogP contribution is -2.46. The van der Waals surface area contributed by atoms with Gasteiger partial charge in [-0.15, -0.1) is 0 Å². The van der Waals surface area contributed by atoms with Crippen LogP contribution in [0.15, 0.2) is 24.3 Å². The van der Waals surface area contributed by atoms with Gasteiger partial charge in [0.15, 0.2) is 0 Å². The largest absolute Gasteiger partial charge is 0.491 e. The maximum absolute atomic E-state index is 12.6. The predicted molar refractivity (Wildman–Crippen MR) is 107 cm³/mol. The molecule has 1 aromatic rings. The van der Waals surface area contributed by atoms with Crippen LogP contribution in [0.4, 0.5) is 5.69 Å². The molecule has 1 aliphatic carbocycles. The molecule has 2 amide bonds. The Morgan fingerprint density at radius 3 is 2.63 bits per heavy atom. The quantitative estimate of drug-likeness (QED) is 0.852. The molecule has 0 aromatic heterocycles. The third kappa shape index (κ3) is 4.63. The first-order valence-corrected chi connectivity index (χ1v) is 10.2. The summed E-state index contributed by atoms with van der Waals surface area (Å²) in [6.45, 7) is 7.36. The van der Waals surface area contributed by atoms with Crippen LogP contribution in [0, 0.1) is 11.3 Å². The molecule has 0 unspecified atom stereocenters. The number of benzene rings is 1. The molecule has 0 saturated heterocycles. The maximum atomic E-state index is 12.6. The Bertz CT molecular complexity index is 678. The standard InChI is InChI=1S/C22H32N2O3/c1-4-22(2,3)16-9-11-17(12-10-16)23-20(25)15-24-18-7-5-6-8-19(18)27-14-13-21(24)26/h5-8,16-17H,4,9-15H2,1-3H3,(H,23,25). The molecule has 0 radical (unpaired) electrons. The SMILES string of the molecule is CCC(C)(C)C1CCC(NC(=O)CN2C(=O)CCOc3ccccc32)CC1. The van der Waals surface area contributed by atoms with Gasteiger partial charge >= 0.3 is 0 Å². The summed E-state index contributed by atoms with van der Waals surface area (Å²) in [7, 11) is 0. The molecule has 0 atom stereocenters. The number of carbonyl (C=O) groups is 2. The summed E-state index contributed by atoms with van der Waals surface area (Å²) in [5, 5.41) is 3.15. The molecule has 2 aliphatic rings. The van der Waals surface area contributed by atoms with Gasteiger partial charge in [-0.1, -0.05) is 39.3 Å². The van der Waals surface area contributed by atoms with Crippen molar-refractivity contribution in [1.29, 1.82) is 0 Å². The van der Waals surface area contributed by atoms with Crippen molar-refractivity contribution in [3.05, 3.63) is 24.3 Å². The summed E-state index contributed by atoms with van der Waals surface area (Å²) in [6, 6.07) is 7.64. The summed E-state index contributed by atoms with van der Waals surface area (Å²) < 4.78 is 5.64. The highest BCUT2D eigenvalue weighted by atomic mass is 16.5. The second-order valence-electron chi connectivity index (χ2n) is 8.50. The van der Waals surface area contributed by atoms with Crippen LogP contribution in [-0.2, 0) is 9.59 Å². The van der Waals surface area contributed by atoms with E-state index in [-0.39, 0.29) is 24.4 Å². The second kappa shape index (κ2) is 8.32. The number of ether oxygens (including phenoxy) is 1. The van der Waals surface area contributed by atoms with E-state index in [9.17, 15) is 9.59 Å². The minimum atomic E-state index is -0.0849. The Morgan fingerprint density at radius 1 is 1.22 bits per heavy atom. The smallest absolute Gasteiger partial charge is 0.240 e. The van der Waals surface area contributed by atoms with Crippen molar-refractivity contribution in [2.45, 2.75) is 65.3 Å². The average Bonchev–Trinajstić information content (AvgIpc) is 2.81. The Hall–Kier alpha value is -2.04. The fourth-order valence-electron chi connectivity index (χ4n) is 4.22. The van der Waals surface area contributed by atoms with Crippen LogP contribution in [0.2, 0.25) is 0 Å². The third-order valence-electron chi connectivity index (χ3n) is 6.44. The van der Waals surface area contributed by atoms with E-state index in [1.165, 1.54) is 6.42 Å². The molecular formula is C22H32N2O3. The summed E-state index contributed by atoms with van der Waals surface area (Å²) in [4.78, 5) is 26.7. The summed E-state index contributed by atoms with van der Waals surface area (Å²) >= 11 is 0. The molecule has 1 heterocycles. The number of amides is 2. The minimum absolute atomic E-state index is 0.0551. The highest BCUT2D eigenvalue weighted by Crippen LogP contribution is 2.40. The Labute approximate surface area is 162 Å². The molecule has 5 heteroatoms. The van der Waals surface area contributed by atoms with E-state index in [2.05, 4.69) is 26.1 Å². The summed E-state index contributed by atoms with van der Waals surface area (Å²) in [5.74, 6) is 1.24. The van der Waals surface area contributed by atoms with Crippen LogP contribution < -0.4 is 15.0 Å². The first-order valence-electron chi connectivity index (χ1n) is 10.2. The van der Waals surface area contributed by atoms with E-state index >= 15 is 0 Å². The van der Waals surface area contributed by atoms with E-state index in [0.717, 1.165) is 31.6 Å². The molecule has 148 valence electrons. The van der Waals surface area contributed by atoms with Crippen LogP contribution in [0.3, 0.4) is 0 Å². The lowest BCUT2D eigenvalue weighted by Gasteiger charge is -2.39. The number of hydrogen-bond acceptors (Lipinski definition) is 3. The maximum Gasteiger partial charge on any atom is 0.240 e. The fraction of sp³-hybridized carbons (Fsp3) is 0.636. The lowest BCUT2D eigenvalue weighted by molar-refractivity contribution is -0.124. The van der Waals surface area contributed by atoms with Crippen LogP contribution >= 0.6 is 0 Å². The molecule has 1 fully saturated rings. The number of fused-ring (bicyclic) bond motifs is 1. The molecule has 1 aliphatic heterocycles. The molecule has 0 spiro atoms. The van der Waals surface area contributed by atoms with E-state index in [0.29, 0.717) is 29.9 Å². The van der Waals surface area contributed by atoms with Crippen molar-refractivity contribution in [3.63, 3.8) is 0 Å². The first kappa shape index (κ1) is 19.7. The number of nitrogens with one attached hydrogen (secondary N) is 1. The zero-order valence-corrected chi connectivity index (χ0v) is 16.8. The molecule has 3 rings (SSSR count). The van der Waals surface area contributed by atoms with Gasteiger partial charge in [-0.3, -0.25) is 14.5 Å². The van der Waals surface area contributed by atoms with Gasteiger partial charge in [0.25, 0.3) is 0 Å². The summed E-state index contributed by atoms with van der Waals surface area (Å²) in [5.41, 5.74) is 1.06. The molecule has 1 N–H and O–H groups in total. The third-order valence-corrected chi connectivity index (χ3v) is 6.44. The molecule has 0 bridgehead atoms. The number of rotatable bonds is 5. The normalized spacial score (nSPS) is 23.2. The first-order chi connectivity index (χ1) is 12.9. The number of para-hydroxylation sites is 2. The van der Waals surface area contributed by atoms with Gasteiger partial charge in [0, 0.05) is 6.04 Å². The Kier molecular flexibility index (Phi) is 6.08. The van der Waals surface area contributed by atoms with Gasteiger partial charge in [0.1, 0.15) is 12.3 Å². The molecule has 1 saturated carbocycles. The molecule has 27 heavy (non-hydrogen) atoms. The summed E-state index contributed by atoms with van der Waals surface area (Å²) in [6.07, 6.45) is 5.84. The Morgan fingerprint density at radius 2 is 1.93 bits per heavy atom. The van der Waals surface area contributed by atoms with Crippen LogP contribution in [-0.4, -0.2) is 31.0 Å². The van der Waals surface area contributed by atoms with Gasteiger partial charge < -0.3 is 10.1 Å². The van der Waals surface area contributed by atoms with Gasteiger partial charge in [0.05, 0.1) is 18.7 Å². The van der Waals surface area contributed by atoms with Crippen molar-refractivity contribution >= 4 is 17.5 Å². The molecule has 5 nitrogen and oxygen atoms in total. The monoisotopic (exact) mass is 372 g/mol. The topological polar surface area (TPSA) is 58.6 Å². The Balaban J connectivity index is 1.58. The van der Waals surface area contributed by atoms with E-state index in [1.54, 1.807) is 4.90 Å². The zero-order chi connectivity index (χ0) is 19.4. The van der Waals surface area contributed by atoms with Gasteiger partial charge in [0.2, 0.25) is 11.8 Å². The predicted octanol–water partition coefficient (Wildman–Crippen LogP) is 3.91. The fourth-order valence-corrected chi connectivity index (χ4v) is 4.22. The molecule has 1 aromatic carbocycles. The van der Waals surface area contributed by atoms with Crippen molar-refractivity contribution in [2.24, 2.45) is 11.3 Å². The lowest BCUT2D eigenvalue weighted by atomic mass is 9.69. The van der Waals surface area contributed by atoms with Crippen molar-refractivity contribution in [2.75, 3.05) is 18.1 Å². The number of nitrogens with zero attached hydrogens (tertiary/aromatic N) is 1. The van der Waals surface area contributed by atoms with Crippen molar-refractivity contribution in [3.8, 4) is 5.75 Å².